The average molecular weight is 241 g/mol. The maximum absolute atomic E-state index is 5.39. The van der Waals surface area contributed by atoms with E-state index in [2.05, 4.69) is 22.0 Å². The Morgan fingerprint density at radius 2 is 2.12 bits per heavy atom. The van der Waals surface area contributed by atoms with Crippen LogP contribution in [-0.4, -0.2) is 74.9 Å². The Labute approximate surface area is 105 Å². The summed E-state index contributed by atoms with van der Waals surface area (Å²) in [6.07, 6.45) is 2.59. The van der Waals surface area contributed by atoms with Crippen molar-refractivity contribution in [2.45, 2.75) is 25.8 Å². The normalized spacial score (nSPS) is 26.8. The number of rotatable bonds is 6. The van der Waals surface area contributed by atoms with Gasteiger partial charge in [-0.25, -0.2) is 0 Å². The van der Waals surface area contributed by atoms with Crippen LogP contribution in [-0.2, 0) is 4.74 Å². The van der Waals surface area contributed by atoms with E-state index in [1.54, 1.807) is 0 Å². The molecule has 2 fully saturated rings. The first-order chi connectivity index (χ1) is 8.40. The maximum Gasteiger partial charge on any atom is 0.0594 e. The molecular weight excluding hydrogens is 214 g/mol. The summed E-state index contributed by atoms with van der Waals surface area (Å²) < 4.78 is 5.39. The third-order valence-corrected chi connectivity index (χ3v) is 3.87. The lowest BCUT2D eigenvalue weighted by Gasteiger charge is -2.32. The molecule has 0 spiro atoms. The van der Waals surface area contributed by atoms with Gasteiger partial charge in [-0.05, 0) is 25.9 Å². The highest BCUT2D eigenvalue weighted by Gasteiger charge is 2.22. The first-order valence-electron chi connectivity index (χ1n) is 7.15. The van der Waals surface area contributed by atoms with Gasteiger partial charge in [-0.15, -0.1) is 0 Å². The summed E-state index contributed by atoms with van der Waals surface area (Å²) in [5.41, 5.74) is 0. The number of nitrogens with one attached hydrogen (secondary N) is 1. The molecule has 2 aliphatic heterocycles. The molecule has 0 aromatic rings. The van der Waals surface area contributed by atoms with Crippen molar-refractivity contribution in [2.75, 3.05) is 59.0 Å². The summed E-state index contributed by atoms with van der Waals surface area (Å²) in [5.74, 6) is 0. The fourth-order valence-electron chi connectivity index (χ4n) is 2.81. The molecule has 2 rings (SSSR count). The quantitative estimate of drug-likeness (QED) is 0.728. The van der Waals surface area contributed by atoms with Gasteiger partial charge >= 0.3 is 0 Å². The Balaban J connectivity index is 1.72. The van der Waals surface area contributed by atoms with Crippen molar-refractivity contribution in [3.8, 4) is 0 Å². The monoisotopic (exact) mass is 241 g/mol. The second-order valence-corrected chi connectivity index (χ2v) is 5.14. The Morgan fingerprint density at radius 3 is 2.76 bits per heavy atom. The first kappa shape index (κ1) is 13.3. The van der Waals surface area contributed by atoms with E-state index in [0.717, 1.165) is 32.3 Å². The lowest BCUT2D eigenvalue weighted by molar-refractivity contribution is 0.0312. The highest BCUT2D eigenvalue weighted by Crippen LogP contribution is 2.09. The third-order valence-electron chi connectivity index (χ3n) is 3.87. The van der Waals surface area contributed by atoms with E-state index in [0.29, 0.717) is 0 Å². The maximum atomic E-state index is 5.39. The summed E-state index contributed by atoms with van der Waals surface area (Å²) in [4.78, 5) is 5.21. The van der Waals surface area contributed by atoms with Crippen molar-refractivity contribution in [3.63, 3.8) is 0 Å². The molecule has 0 radical (unpaired) electrons. The number of morpholine rings is 1. The minimum Gasteiger partial charge on any atom is -0.379 e. The summed E-state index contributed by atoms with van der Waals surface area (Å²) >= 11 is 0. The molecule has 17 heavy (non-hydrogen) atoms. The summed E-state index contributed by atoms with van der Waals surface area (Å²) in [6.45, 7) is 12.4. The van der Waals surface area contributed by atoms with Crippen molar-refractivity contribution in [2.24, 2.45) is 0 Å². The van der Waals surface area contributed by atoms with Crippen molar-refractivity contribution in [1.29, 1.82) is 0 Å². The summed E-state index contributed by atoms with van der Waals surface area (Å²) in [6, 6.07) is 0.774. The van der Waals surface area contributed by atoms with E-state index in [1.165, 1.54) is 45.6 Å². The standard InChI is InChI=1S/C13H27N3O/c1-2-5-16(13-3-4-14-12-13)7-6-15-8-10-17-11-9-15/h13-14H,2-12H2,1H3. The van der Waals surface area contributed by atoms with E-state index < -0.39 is 0 Å². The van der Waals surface area contributed by atoms with Crippen LogP contribution >= 0.6 is 0 Å². The predicted molar refractivity (Wildman–Crippen MR) is 70.4 cm³/mol. The number of nitrogens with zero attached hydrogens (tertiary/aromatic N) is 2. The van der Waals surface area contributed by atoms with E-state index in [9.17, 15) is 0 Å². The molecule has 2 heterocycles. The molecule has 2 saturated heterocycles. The second-order valence-electron chi connectivity index (χ2n) is 5.14. The van der Waals surface area contributed by atoms with E-state index in [-0.39, 0.29) is 0 Å². The fraction of sp³-hybridized carbons (Fsp3) is 1.00. The number of ether oxygens (including phenoxy) is 1. The fourth-order valence-corrected chi connectivity index (χ4v) is 2.81. The molecule has 2 aliphatic rings. The molecule has 1 N–H and O–H groups in total. The van der Waals surface area contributed by atoms with E-state index in [4.69, 9.17) is 4.74 Å². The van der Waals surface area contributed by atoms with Crippen LogP contribution in [0, 0.1) is 0 Å². The summed E-state index contributed by atoms with van der Waals surface area (Å²) in [5, 5.41) is 3.47. The van der Waals surface area contributed by atoms with Gasteiger partial charge in [0.25, 0.3) is 0 Å². The number of hydrogen-bond donors (Lipinski definition) is 1. The lowest BCUT2D eigenvalue weighted by Crippen LogP contribution is -2.45. The highest BCUT2D eigenvalue weighted by molar-refractivity contribution is 4.81. The van der Waals surface area contributed by atoms with Crippen LogP contribution in [0.4, 0.5) is 0 Å². The SMILES string of the molecule is CCCN(CCN1CCOCC1)C1CCNC1. The van der Waals surface area contributed by atoms with Gasteiger partial charge in [-0.3, -0.25) is 9.80 Å². The molecule has 0 bridgehead atoms. The Kier molecular flexibility index (Phi) is 5.71. The molecule has 100 valence electrons. The van der Waals surface area contributed by atoms with Gasteiger partial charge < -0.3 is 10.1 Å². The Bertz CT molecular complexity index is 201. The van der Waals surface area contributed by atoms with E-state index in [1.807, 2.05) is 0 Å². The van der Waals surface area contributed by atoms with Crippen LogP contribution in [0.15, 0.2) is 0 Å². The zero-order valence-electron chi connectivity index (χ0n) is 11.2. The molecule has 4 heteroatoms. The minimum absolute atomic E-state index is 0.774. The molecule has 0 amide bonds. The van der Waals surface area contributed by atoms with Gasteiger partial charge in [-0.2, -0.15) is 0 Å². The molecule has 1 atom stereocenters. The van der Waals surface area contributed by atoms with Crippen molar-refractivity contribution in [3.05, 3.63) is 0 Å². The van der Waals surface area contributed by atoms with Crippen LogP contribution < -0.4 is 5.32 Å². The van der Waals surface area contributed by atoms with Gasteiger partial charge in [0.2, 0.25) is 0 Å². The van der Waals surface area contributed by atoms with E-state index >= 15 is 0 Å². The first-order valence-corrected chi connectivity index (χ1v) is 7.15. The average Bonchev–Trinajstić information content (AvgIpc) is 2.89. The van der Waals surface area contributed by atoms with Gasteiger partial charge in [0.15, 0.2) is 0 Å². The predicted octanol–water partition coefficient (Wildman–Crippen LogP) is 0.393. The van der Waals surface area contributed by atoms with Crippen LogP contribution in [0.3, 0.4) is 0 Å². The topological polar surface area (TPSA) is 27.7 Å². The summed E-state index contributed by atoms with van der Waals surface area (Å²) in [7, 11) is 0. The Morgan fingerprint density at radius 1 is 1.29 bits per heavy atom. The highest BCUT2D eigenvalue weighted by atomic mass is 16.5. The van der Waals surface area contributed by atoms with Crippen molar-refractivity contribution >= 4 is 0 Å². The second kappa shape index (κ2) is 7.31. The number of hydrogen-bond acceptors (Lipinski definition) is 4. The van der Waals surface area contributed by atoms with Crippen LogP contribution in [0.25, 0.3) is 0 Å². The van der Waals surface area contributed by atoms with Gasteiger partial charge in [0, 0.05) is 38.8 Å². The van der Waals surface area contributed by atoms with Crippen LogP contribution in [0.5, 0.6) is 0 Å². The smallest absolute Gasteiger partial charge is 0.0594 e. The van der Waals surface area contributed by atoms with Gasteiger partial charge in [-0.1, -0.05) is 6.92 Å². The molecular formula is C13H27N3O. The molecule has 0 aromatic heterocycles. The van der Waals surface area contributed by atoms with Crippen LogP contribution in [0.1, 0.15) is 19.8 Å². The minimum atomic E-state index is 0.774. The van der Waals surface area contributed by atoms with Gasteiger partial charge in [0.1, 0.15) is 0 Å². The molecule has 1 unspecified atom stereocenters. The molecule has 0 aromatic carbocycles. The lowest BCUT2D eigenvalue weighted by atomic mass is 10.2. The van der Waals surface area contributed by atoms with Gasteiger partial charge in [0.05, 0.1) is 13.2 Å². The van der Waals surface area contributed by atoms with Crippen LogP contribution in [0.2, 0.25) is 0 Å². The molecule has 0 aliphatic carbocycles. The Hall–Kier alpha value is -0.160. The molecule has 4 nitrogen and oxygen atoms in total. The largest absolute Gasteiger partial charge is 0.379 e. The van der Waals surface area contributed by atoms with Crippen molar-refractivity contribution in [1.82, 2.24) is 15.1 Å². The zero-order valence-corrected chi connectivity index (χ0v) is 11.2. The molecule has 0 saturated carbocycles. The zero-order chi connectivity index (χ0) is 11.9. The van der Waals surface area contributed by atoms with Crippen molar-refractivity contribution < 1.29 is 4.74 Å². The third kappa shape index (κ3) is 4.21.